The van der Waals surface area contributed by atoms with Crippen molar-refractivity contribution in [2.75, 3.05) is 17.2 Å². The molecule has 2 aromatic heterocycles. The van der Waals surface area contributed by atoms with Crippen LogP contribution in [0.25, 0.3) is 10.9 Å². The highest BCUT2D eigenvalue weighted by Crippen LogP contribution is 2.59. The van der Waals surface area contributed by atoms with Crippen molar-refractivity contribution in [3.8, 4) is 12.1 Å². The zero-order valence-electron chi connectivity index (χ0n) is 24.4. The van der Waals surface area contributed by atoms with Crippen LogP contribution in [-0.4, -0.2) is 32.7 Å². The van der Waals surface area contributed by atoms with E-state index in [1.807, 2.05) is 36.0 Å². The van der Waals surface area contributed by atoms with Crippen LogP contribution in [0.1, 0.15) is 73.5 Å². The SMILES string of the molecule is Cc1c(C#N)cccc1[C@H](Nc1cc(Cl)cc2c(NCC(C)(C)C(F)(F)F)c(C#N)cnc12)c1cn(C2(C3CC3)CC2)nn1. The Kier molecular flexibility index (Phi) is 7.21. The van der Waals surface area contributed by atoms with Crippen LogP contribution in [-0.2, 0) is 5.54 Å². The fourth-order valence-electron chi connectivity index (χ4n) is 5.82. The summed E-state index contributed by atoms with van der Waals surface area (Å²) in [5.74, 6) is 0.607. The normalized spacial score (nSPS) is 16.7. The van der Waals surface area contributed by atoms with Crippen LogP contribution < -0.4 is 10.6 Å². The molecule has 226 valence electrons. The molecule has 0 spiro atoms. The Hall–Kier alpha value is -4.35. The van der Waals surface area contributed by atoms with Gasteiger partial charge in [-0.1, -0.05) is 28.9 Å². The lowest BCUT2D eigenvalue weighted by Crippen LogP contribution is -2.38. The minimum absolute atomic E-state index is 0.0160. The van der Waals surface area contributed by atoms with Gasteiger partial charge in [-0.2, -0.15) is 23.7 Å². The van der Waals surface area contributed by atoms with Gasteiger partial charge in [0.15, 0.2) is 0 Å². The van der Waals surface area contributed by atoms with Crippen molar-refractivity contribution in [3.63, 3.8) is 0 Å². The lowest BCUT2D eigenvalue weighted by Gasteiger charge is -2.29. The van der Waals surface area contributed by atoms with Gasteiger partial charge in [-0.15, -0.1) is 5.10 Å². The molecule has 12 heteroatoms. The molecule has 0 bridgehead atoms. The van der Waals surface area contributed by atoms with Crippen LogP contribution in [0, 0.1) is 40.9 Å². The van der Waals surface area contributed by atoms with Gasteiger partial charge in [0, 0.05) is 23.2 Å². The zero-order valence-corrected chi connectivity index (χ0v) is 25.2. The molecule has 0 amide bonds. The van der Waals surface area contributed by atoms with E-state index in [1.54, 1.807) is 18.2 Å². The second-order valence-corrected chi connectivity index (χ2v) is 12.9. The molecule has 2 aromatic carbocycles. The first kappa shape index (κ1) is 29.7. The number of benzene rings is 2. The van der Waals surface area contributed by atoms with Crippen LogP contribution in [0.15, 0.2) is 42.7 Å². The molecule has 8 nitrogen and oxygen atoms in total. The number of nitriles is 2. The summed E-state index contributed by atoms with van der Waals surface area (Å²) >= 11 is 6.59. The maximum Gasteiger partial charge on any atom is 0.395 e. The minimum Gasteiger partial charge on any atom is -0.382 e. The number of anilines is 2. The van der Waals surface area contributed by atoms with Gasteiger partial charge in [0.1, 0.15) is 11.8 Å². The predicted octanol–water partition coefficient (Wildman–Crippen LogP) is 7.63. The largest absolute Gasteiger partial charge is 0.395 e. The Labute approximate surface area is 257 Å². The lowest BCUT2D eigenvalue weighted by molar-refractivity contribution is -0.206. The Morgan fingerprint density at radius 3 is 2.50 bits per heavy atom. The van der Waals surface area contributed by atoms with Crippen molar-refractivity contribution >= 4 is 33.9 Å². The van der Waals surface area contributed by atoms with Crippen LogP contribution in [0.3, 0.4) is 0 Å². The van der Waals surface area contributed by atoms with E-state index in [4.69, 9.17) is 11.6 Å². The molecule has 0 unspecified atom stereocenters. The Morgan fingerprint density at radius 2 is 1.86 bits per heavy atom. The number of hydrogen-bond acceptors (Lipinski definition) is 7. The zero-order chi connectivity index (χ0) is 31.4. The second kappa shape index (κ2) is 10.7. The number of pyridine rings is 1. The first-order valence-electron chi connectivity index (χ1n) is 14.4. The molecule has 0 saturated heterocycles. The van der Waals surface area contributed by atoms with Gasteiger partial charge >= 0.3 is 6.18 Å². The van der Waals surface area contributed by atoms with Crippen LogP contribution in [0.4, 0.5) is 24.5 Å². The number of nitrogens with zero attached hydrogens (tertiary/aromatic N) is 6. The van der Waals surface area contributed by atoms with Gasteiger partial charge in [-0.3, -0.25) is 4.98 Å². The van der Waals surface area contributed by atoms with Gasteiger partial charge in [0.2, 0.25) is 0 Å². The minimum atomic E-state index is -4.46. The van der Waals surface area contributed by atoms with Crippen LogP contribution >= 0.6 is 11.6 Å². The van der Waals surface area contributed by atoms with E-state index >= 15 is 0 Å². The standard InChI is InChI=1S/C32H30ClF3N8/c1-18-19(13-37)5-4-6-23(18)29(26-16-44(43-42-26)31(9-10-31)21-7-8-21)41-25-12-22(33)11-24-27(20(14-38)15-39-28(24)25)40-17-30(2,3)32(34,35)36/h4-6,11-12,15-16,21,29,41H,7-10,17H2,1-3H3,(H,39,40)/t29-/m0/s1. The third kappa shape index (κ3) is 5.20. The molecular formula is C32H30ClF3N8. The van der Waals surface area contributed by atoms with Crippen LogP contribution in [0.2, 0.25) is 5.02 Å². The first-order valence-corrected chi connectivity index (χ1v) is 14.8. The fraction of sp³-hybridized carbons (Fsp3) is 0.406. The number of hydrogen-bond donors (Lipinski definition) is 2. The Bertz CT molecular complexity index is 1840. The molecule has 2 saturated carbocycles. The third-order valence-electron chi connectivity index (χ3n) is 9.00. The average Bonchev–Trinajstić information content (AvgIpc) is 3.91. The molecule has 6 rings (SSSR count). The van der Waals surface area contributed by atoms with Crippen molar-refractivity contribution in [2.24, 2.45) is 11.3 Å². The molecule has 2 aliphatic carbocycles. The summed E-state index contributed by atoms with van der Waals surface area (Å²) in [6.07, 6.45) is 3.33. The molecule has 0 aliphatic heterocycles. The van der Waals surface area contributed by atoms with Gasteiger partial charge in [-0.25, -0.2) is 4.68 Å². The molecule has 44 heavy (non-hydrogen) atoms. The molecule has 2 fully saturated rings. The monoisotopic (exact) mass is 618 g/mol. The fourth-order valence-corrected chi connectivity index (χ4v) is 6.03. The first-order chi connectivity index (χ1) is 20.9. The van der Waals surface area contributed by atoms with E-state index in [9.17, 15) is 23.7 Å². The quantitative estimate of drug-likeness (QED) is 0.198. The van der Waals surface area contributed by atoms with Crippen molar-refractivity contribution in [1.29, 1.82) is 10.5 Å². The summed E-state index contributed by atoms with van der Waals surface area (Å²) in [5.41, 5.74) is 1.89. The maximum absolute atomic E-state index is 13.7. The highest BCUT2D eigenvalue weighted by atomic mass is 35.5. The van der Waals surface area contributed by atoms with Gasteiger partial charge in [0.25, 0.3) is 0 Å². The smallest absolute Gasteiger partial charge is 0.382 e. The lowest BCUT2D eigenvalue weighted by atomic mass is 9.92. The van der Waals surface area contributed by atoms with Crippen LogP contribution in [0.5, 0.6) is 0 Å². The average molecular weight is 619 g/mol. The van der Waals surface area contributed by atoms with Gasteiger partial charge in [0.05, 0.1) is 57.3 Å². The number of rotatable bonds is 9. The van der Waals surface area contributed by atoms with Gasteiger partial charge < -0.3 is 10.6 Å². The molecular weight excluding hydrogens is 589 g/mol. The highest BCUT2D eigenvalue weighted by Gasteiger charge is 2.56. The Morgan fingerprint density at radius 1 is 1.14 bits per heavy atom. The summed E-state index contributed by atoms with van der Waals surface area (Å²) in [7, 11) is 0. The topological polar surface area (TPSA) is 115 Å². The van der Waals surface area contributed by atoms with E-state index in [0.717, 1.165) is 37.8 Å². The predicted molar refractivity (Wildman–Crippen MR) is 161 cm³/mol. The van der Waals surface area contributed by atoms with E-state index < -0.39 is 24.2 Å². The van der Waals surface area contributed by atoms with Gasteiger partial charge in [-0.05, 0) is 81.7 Å². The molecule has 4 aromatic rings. The van der Waals surface area contributed by atoms with E-state index in [0.29, 0.717) is 38.8 Å². The maximum atomic E-state index is 13.7. The molecule has 2 heterocycles. The number of nitrogens with one attached hydrogen (secondary N) is 2. The van der Waals surface area contributed by atoms with E-state index in [-0.39, 0.29) is 16.8 Å². The highest BCUT2D eigenvalue weighted by molar-refractivity contribution is 6.32. The number of alkyl halides is 3. The summed E-state index contributed by atoms with van der Waals surface area (Å²) < 4.78 is 43.0. The summed E-state index contributed by atoms with van der Waals surface area (Å²) in [6.45, 7) is 3.60. The molecule has 1 atom stereocenters. The molecule has 0 radical (unpaired) electrons. The van der Waals surface area contributed by atoms with Crippen molar-refractivity contribution in [1.82, 2.24) is 20.0 Å². The van der Waals surface area contributed by atoms with E-state index in [2.05, 4.69) is 32.0 Å². The van der Waals surface area contributed by atoms with Crippen molar-refractivity contribution in [3.05, 3.63) is 75.7 Å². The number of fused-ring (bicyclic) bond motifs is 1. The summed E-state index contributed by atoms with van der Waals surface area (Å²) in [4.78, 5) is 4.53. The third-order valence-corrected chi connectivity index (χ3v) is 9.22. The van der Waals surface area contributed by atoms with Crippen molar-refractivity contribution in [2.45, 2.75) is 64.2 Å². The van der Waals surface area contributed by atoms with Crippen molar-refractivity contribution < 1.29 is 13.2 Å². The molecule has 2 N–H and O–H groups in total. The number of halogens is 4. The Balaban J connectivity index is 1.45. The molecule has 2 aliphatic rings. The summed E-state index contributed by atoms with van der Waals surface area (Å²) in [6, 6.07) is 12.4. The second-order valence-electron chi connectivity index (χ2n) is 12.4. The van der Waals surface area contributed by atoms with E-state index in [1.165, 1.54) is 19.0 Å². The number of aromatic nitrogens is 4. The summed E-state index contributed by atoms with van der Waals surface area (Å²) in [5, 5.41) is 35.7.